The average molecular weight is 287 g/mol. The molecule has 110 valence electrons. The molecule has 1 aliphatic rings. The van der Waals surface area contributed by atoms with Crippen LogP contribution in [-0.2, 0) is 13.2 Å². The van der Waals surface area contributed by atoms with Gasteiger partial charge in [0, 0.05) is 24.0 Å². The summed E-state index contributed by atoms with van der Waals surface area (Å²) in [5.74, 6) is 1.51. The number of hydrogen-bond donors (Lipinski definition) is 1. The normalized spacial score (nSPS) is 12.5. The molecule has 0 unspecified atom stereocenters. The summed E-state index contributed by atoms with van der Waals surface area (Å²) in [6.45, 7) is 3.35. The predicted molar refractivity (Wildman–Crippen MR) is 76.4 cm³/mol. The fourth-order valence-corrected chi connectivity index (χ4v) is 2.08. The molecule has 2 heterocycles. The summed E-state index contributed by atoms with van der Waals surface area (Å²) in [6, 6.07) is 6.11. The van der Waals surface area contributed by atoms with Crippen LogP contribution in [0.1, 0.15) is 16.8 Å². The van der Waals surface area contributed by atoms with Crippen molar-refractivity contribution in [3.63, 3.8) is 0 Å². The Morgan fingerprint density at radius 1 is 1.29 bits per heavy atom. The SMILES string of the molecule is CNCc1cnc(OCc2ccc3c(c2)OCO3)nc1C. The van der Waals surface area contributed by atoms with E-state index in [0.717, 1.165) is 34.9 Å². The van der Waals surface area contributed by atoms with E-state index in [2.05, 4.69) is 15.3 Å². The van der Waals surface area contributed by atoms with Gasteiger partial charge in [-0.05, 0) is 31.7 Å². The third-order valence-electron chi connectivity index (χ3n) is 3.23. The Kier molecular flexibility index (Phi) is 3.87. The van der Waals surface area contributed by atoms with Gasteiger partial charge in [0.1, 0.15) is 6.61 Å². The minimum absolute atomic E-state index is 0.273. The molecule has 0 bridgehead atoms. The van der Waals surface area contributed by atoms with E-state index < -0.39 is 0 Å². The highest BCUT2D eigenvalue weighted by atomic mass is 16.7. The van der Waals surface area contributed by atoms with Crippen LogP contribution in [0, 0.1) is 6.92 Å². The van der Waals surface area contributed by atoms with Crippen molar-refractivity contribution >= 4 is 0 Å². The molecule has 1 aromatic carbocycles. The van der Waals surface area contributed by atoms with E-state index in [0.29, 0.717) is 12.6 Å². The van der Waals surface area contributed by atoms with E-state index >= 15 is 0 Å². The third kappa shape index (κ3) is 3.05. The monoisotopic (exact) mass is 287 g/mol. The second kappa shape index (κ2) is 5.97. The maximum absolute atomic E-state index is 5.63. The van der Waals surface area contributed by atoms with Gasteiger partial charge in [0.15, 0.2) is 11.5 Å². The summed E-state index contributed by atoms with van der Waals surface area (Å²) in [7, 11) is 1.89. The molecule has 0 amide bonds. The van der Waals surface area contributed by atoms with Gasteiger partial charge < -0.3 is 19.5 Å². The highest BCUT2D eigenvalue weighted by Crippen LogP contribution is 2.32. The Balaban J connectivity index is 1.66. The minimum Gasteiger partial charge on any atom is -0.459 e. The maximum atomic E-state index is 5.63. The van der Waals surface area contributed by atoms with Crippen LogP contribution in [0.2, 0.25) is 0 Å². The van der Waals surface area contributed by atoms with Gasteiger partial charge >= 0.3 is 6.01 Å². The predicted octanol–water partition coefficient (Wildman–Crippen LogP) is 1.81. The van der Waals surface area contributed by atoms with Crippen molar-refractivity contribution < 1.29 is 14.2 Å². The molecular formula is C15H17N3O3. The van der Waals surface area contributed by atoms with Gasteiger partial charge in [-0.15, -0.1) is 0 Å². The number of benzene rings is 1. The number of nitrogens with zero attached hydrogens (tertiary/aromatic N) is 2. The second-order valence-electron chi connectivity index (χ2n) is 4.77. The summed E-state index contributed by atoms with van der Waals surface area (Å²) < 4.78 is 16.2. The summed E-state index contributed by atoms with van der Waals surface area (Å²) in [5.41, 5.74) is 2.97. The van der Waals surface area contributed by atoms with Gasteiger partial charge in [-0.3, -0.25) is 0 Å². The van der Waals surface area contributed by atoms with Crippen LogP contribution in [0.5, 0.6) is 17.5 Å². The Morgan fingerprint density at radius 3 is 2.95 bits per heavy atom. The number of nitrogens with one attached hydrogen (secondary N) is 1. The van der Waals surface area contributed by atoms with Crippen LogP contribution in [-0.4, -0.2) is 23.8 Å². The number of fused-ring (bicyclic) bond motifs is 1. The molecule has 0 saturated heterocycles. The van der Waals surface area contributed by atoms with Crippen LogP contribution in [0.15, 0.2) is 24.4 Å². The largest absolute Gasteiger partial charge is 0.459 e. The fourth-order valence-electron chi connectivity index (χ4n) is 2.08. The van der Waals surface area contributed by atoms with E-state index in [-0.39, 0.29) is 6.79 Å². The number of hydrogen-bond acceptors (Lipinski definition) is 6. The lowest BCUT2D eigenvalue weighted by molar-refractivity contribution is 0.174. The fraction of sp³-hybridized carbons (Fsp3) is 0.333. The molecule has 0 atom stereocenters. The van der Waals surface area contributed by atoms with Gasteiger partial charge in [-0.25, -0.2) is 9.97 Å². The van der Waals surface area contributed by atoms with Crippen molar-refractivity contribution in [2.24, 2.45) is 0 Å². The molecule has 21 heavy (non-hydrogen) atoms. The quantitative estimate of drug-likeness (QED) is 0.904. The number of aromatic nitrogens is 2. The Morgan fingerprint density at radius 2 is 2.14 bits per heavy atom. The first-order chi connectivity index (χ1) is 10.3. The van der Waals surface area contributed by atoms with E-state index in [1.807, 2.05) is 32.2 Å². The lowest BCUT2D eigenvalue weighted by atomic mass is 10.2. The Hall–Kier alpha value is -2.34. The summed E-state index contributed by atoms with van der Waals surface area (Å²) in [6.07, 6.45) is 1.79. The third-order valence-corrected chi connectivity index (χ3v) is 3.23. The minimum atomic E-state index is 0.273. The molecule has 1 aliphatic heterocycles. The van der Waals surface area contributed by atoms with E-state index in [1.165, 1.54) is 0 Å². The van der Waals surface area contributed by atoms with Crippen LogP contribution >= 0.6 is 0 Å². The van der Waals surface area contributed by atoms with E-state index in [4.69, 9.17) is 14.2 Å². The van der Waals surface area contributed by atoms with Crippen molar-refractivity contribution in [3.05, 3.63) is 41.2 Å². The van der Waals surface area contributed by atoms with Crippen LogP contribution < -0.4 is 19.5 Å². The van der Waals surface area contributed by atoms with Crippen molar-refractivity contribution in [2.75, 3.05) is 13.8 Å². The molecule has 0 spiro atoms. The molecule has 1 aromatic heterocycles. The summed E-state index contributed by atoms with van der Waals surface area (Å²) in [5, 5.41) is 3.08. The zero-order valence-corrected chi connectivity index (χ0v) is 12.0. The second-order valence-corrected chi connectivity index (χ2v) is 4.77. The molecule has 0 aliphatic carbocycles. The van der Waals surface area contributed by atoms with Gasteiger partial charge in [0.05, 0.1) is 0 Å². The van der Waals surface area contributed by atoms with Crippen molar-refractivity contribution in [3.8, 4) is 17.5 Å². The van der Waals surface area contributed by atoms with Crippen molar-refractivity contribution in [2.45, 2.75) is 20.1 Å². The van der Waals surface area contributed by atoms with Crippen LogP contribution in [0.4, 0.5) is 0 Å². The van der Waals surface area contributed by atoms with Gasteiger partial charge in [0.2, 0.25) is 6.79 Å². The molecule has 2 aromatic rings. The molecule has 3 rings (SSSR count). The highest BCUT2D eigenvalue weighted by Gasteiger charge is 2.13. The van der Waals surface area contributed by atoms with E-state index in [1.54, 1.807) is 6.20 Å². The van der Waals surface area contributed by atoms with Gasteiger partial charge in [-0.2, -0.15) is 0 Å². The topological polar surface area (TPSA) is 65.5 Å². The first kappa shape index (κ1) is 13.6. The standard InChI is InChI=1S/C15H17N3O3/c1-10-12(6-16-2)7-17-15(18-10)19-8-11-3-4-13-14(5-11)21-9-20-13/h3-5,7,16H,6,8-9H2,1-2H3. The first-order valence-electron chi connectivity index (χ1n) is 6.74. The van der Waals surface area contributed by atoms with Gasteiger partial charge in [-0.1, -0.05) is 6.07 Å². The molecule has 0 fully saturated rings. The smallest absolute Gasteiger partial charge is 0.316 e. The maximum Gasteiger partial charge on any atom is 0.316 e. The van der Waals surface area contributed by atoms with Crippen LogP contribution in [0.25, 0.3) is 0 Å². The summed E-state index contributed by atoms with van der Waals surface area (Å²) in [4.78, 5) is 8.57. The molecule has 0 radical (unpaired) electrons. The zero-order chi connectivity index (χ0) is 14.7. The Bertz CT molecular complexity index is 646. The lowest BCUT2D eigenvalue weighted by Crippen LogP contribution is -2.09. The van der Waals surface area contributed by atoms with E-state index in [9.17, 15) is 0 Å². The molecule has 6 heteroatoms. The zero-order valence-electron chi connectivity index (χ0n) is 12.0. The van der Waals surface area contributed by atoms with Crippen molar-refractivity contribution in [1.82, 2.24) is 15.3 Å². The number of ether oxygens (including phenoxy) is 3. The summed E-state index contributed by atoms with van der Waals surface area (Å²) >= 11 is 0. The molecule has 0 saturated carbocycles. The number of aryl methyl sites for hydroxylation is 1. The lowest BCUT2D eigenvalue weighted by Gasteiger charge is -2.08. The average Bonchev–Trinajstić information content (AvgIpc) is 2.95. The first-order valence-corrected chi connectivity index (χ1v) is 6.74. The number of rotatable bonds is 5. The molecular weight excluding hydrogens is 270 g/mol. The Labute approximate surface area is 123 Å². The molecule has 1 N–H and O–H groups in total. The van der Waals surface area contributed by atoms with Crippen molar-refractivity contribution in [1.29, 1.82) is 0 Å². The molecule has 6 nitrogen and oxygen atoms in total. The van der Waals surface area contributed by atoms with Gasteiger partial charge in [0.25, 0.3) is 0 Å². The highest BCUT2D eigenvalue weighted by molar-refractivity contribution is 5.44. The van der Waals surface area contributed by atoms with Crippen LogP contribution in [0.3, 0.4) is 0 Å².